The van der Waals surface area contributed by atoms with Gasteiger partial charge in [0.15, 0.2) is 0 Å². The third-order valence-electron chi connectivity index (χ3n) is 2.90. The summed E-state index contributed by atoms with van der Waals surface area (Å²) in [4.78, 5) is 0. The summed E-state index contributed by atoms with van der Waals surface area (Å²) in [6, 6.07) is 0. The molecule has 3 atom stereocenters. The number of aliphatic hydroxyl groups is 2. The molecule has 1 aliphatic rings. The quantitative estimate of drug-likeness (QED) is 0.582. The van der Waals surface area contributed by atoms with Gasteiger partial charge in [0.25, 0.3) is 0 Å². The predicted molar refractivity (Wildman–Crippen MR) is 48.8 cm³/mol. The Balaban J connectivity index is 2.61. The molecule has 0 aromatic carbocycles. The van der Waals surface area contributed by atoms with Crippen LogP contribution in [0.5, 0.6) is 0 Å². The standard InChI is InChI=1S/C10H20O2/c1-10(2,3)8-6-7(11)4-5-9(8)12/h7-9,11-12H,4-6H2,1-3H3/t7-,8-,9+/m1/s1. The Morgan fingerprint density at radius 2 is 1.67 bits per heavy atom. The smallest absolute Gasteiger partial charge is 0.0575 e. The van der Waals surface area contributed by atoms with Gasteiger partial charge in [-0.3, -0.25) is 0 Å². The Labute approximate surface area is 74.6 Å². The molecule has 0 saturated heterocycles. The van der Waals surface area contributed by atoms with Crippen LogP contribution in [0.4, 0.5) is 0 Å². The lowest BCUT2D eigenvalue weighted by molar-refractivity contribution is -0.0367. The van der Waals surface area contributed by atoms with E-state index in [-0.39, 0.29) is 23.5 Å². The van der Waals surface area contributed by atoms with Gasteiger partial charge in [0.1, 0.15) is 0 Å². The molecule has 2 heteroatoms. The van der Waals surface area contributed by atoms with Crippen LogP contribution in [0.25, 0.3) is 0 Å². The maximum Gasteiger partial charge on any atom is 0.0575 e. The van der Waals surface area contributed by atoms with Crippen LogP contribution in [0.3, 0.4) is 0 Å². The molecule has 0 aromatic rings. The van der Waals surface area contributed by atoms with Crippen molar-refractivity contribution in [1.82, 2.24) is 0 Å². The second kappa shape index (κ2) is 3.35. The molecule has 1 saturated carbocycles. The molecule has 12 heavy (non-hydrogen) atoms. The van der Waals surface area contributed by atoms with Crippen molar-refractivity contribution in [2.24, 2.45) is 11.3 Å². The summed E-state index contributed by atoms with van der Waals surface area (Å²) in [6.45, 7) is 6.37. The number of hydrogen-bond acceptors (Lipinski definition) is 2. The van der Waals surface area contributed by atoms with Gasteiger partial charge in [-0.2, -0.15) is 0 Å². The minimum atomic E-state index is -0.214. The van der Waals surface area contributed by atoms with Gasteiger partial charge < -0.3 is 10.2 Å². The Bertz CT molecular complexity index is 148. The second-order valence-corrected chi connectivity index (χ2v) is 5.01. The fourth-order valence-corrected chi connectivity index (χ4v) is 2.06. The lowest BCUT2D eigenvalue weighted by Gasteiger charge is -2.39. The topological polar surface area (TPSA) is 40.5 Å². The van der Waals surface area contributed by atoms with Gasteiger partial charge in [-0.1, -0.05) is 20.8 Å². The molecule has 0 aliphatic heterocycles. The van der Waals surface area contributed by atoms with Crippen molar-refractivity contribution >= 4 is 0 Å². The van der Waals surface area contributed by atoms with Crippen molar-refractivity contribution in [3.8, 4) is 0 Å². The maximum atomic E-state index is 9.71. The highest BCUT2D eigenvalue weighted by molar-refractivity contribution is 4.86. The van der Waals surface area contributed by atoms with E-state index in [0.717, 1.165) is 19.3 Å². The fraction of sp³-hybridized carbons (Fsp3) is 1.00. The van der Waals surface area contributed by atoms with Gasteiger partial charge in [-0.05, 0) is 30.6 Å². The third-order valence-corrected chi connectivity index (χ3v) is 2.90. The van der Waals surface area contributed by atoms with Crippen LogP contribution < -0.4 is 0 Å². The predicted octanol–water partition coefficient (Wildman–Crippen LogP) is 1.55. The van der Waals surface area contributed by atoms with E-state index in [4.69, 9.17) is 0 Å². The van der Waals surface area contributed by atoms with Crippen molar-refractivity contribution in [2.45, 2.75) is 52.2 Å². The van der Waals surface area contributed by atoms with Gasteiger partial charge in [-0.25, -0.2) is 0 Å². The molecule has 0 heterocycles. The summed E-state index contributed by atoms with van der Waals surface area (Å²) in [5, 5.41) is 19.2. The average molecular weight is 172 g/mol. The largest absolute Gasteiger partial charge is 0.393 e. The molecule has 1 fully saturated rings. The van der Waals surface area contributed by atoms with Gasteiger partial charge in [0.05, 0.1) is 12.2 Å². The van der Waals surface area contributed by atoms with E-state index in [1.54, 1.807) is 0 Å². The first-order valence-electron chi connectivity index (χ1n) is 4.77. The zero-order chi connectivity index (χ0) is 9.35. The van der Waals surface area contributed by atoms with Crippen LogP contribution >= 0.6 is 0 Å². The fourth-order valence-electron chi connectivity index (χ4n) is 2.06. The minimum absolute atomic E-state index is 0.112. The van der Waals surface area contributed by atoms with Crippen LogP contribution in [0.15, 0.2) is 0 Å². The number of rotatable bonds is 0. The van der Waals surface area contributed by atoms with Crippen LogP contribution in [0.2, 0.25) is 0 Å². The number of aliphatic hydroxyl groups excluding tert-OH is 2. The Hall–Kier alpha value is -0.0800. The van der Waals surface area contributed by atoms with Gasteiger partial charge in [0, 0.05) is 0 Å². The summed E-state index contributed by atoms with van der Waals surface area (Å²) in [7, 11) is 0. The molecule has 0 amide bonds. The Morgan fingerprint density at radius 3 is 2.08 bits per heavy atom. The van der Waals surface area contributed by atoms with E-state index in [1.165, 1.54) is 0 Å². The molecule has 72 valence electrons. The monoisotopic (exact) mass is 172 g/mol. The molecule has 0 radical (unpaired) electrons. The van der Waals surface area contributed by atoms with Gasteiger partial charge in [-0.15, -0.1) is 0 Å². The van der Waals surface area contributed by atoms with Crippen LogP contribution in [0.1, 0.15) is 40.0 Å². The van der Waals surface area contributed by atoms with Crippen LogP contribution in [-0.2, 0) is 0 Å². The van der Waals surface area contributed by atoms with E-state index < -0.39 is 0 Å². The molecule has 0 unspecified atom stereocenters. The molecular weight excluding hydrogens is 152 g/mol. The molecular formula is C10H20O2. The zero-order valence-electron chi connectivity index (χ0n) is 8.25. The highest BCUT2D eigenvalue weighted by Crippen LogP contribution is 2.37. The molecule has 0 aromatic heterocycles. The second-order valence-electron chi connectivity index (χ2n) is 5.01. The molecule has 1 aliphatic carbocycles. The van der Waals surface area contributed by atoms with Crippen LogP contribution in [-0.4, -0.2) is 22.4 Å². The first kappa shape index (κ1) is 10.0. The van der Waals surface area contributed by atoms with Crippen molar-refractivity contribution < 1.29 is 10.2 Å². The summed E-state index contributed by atoms with van der Waals surface area (Å²) in [6.07, 6.45) is 1.85. The minimum Gasteiger partial charge on any atom is -0.393 e. The third kappa shape index (κ3) is 2.20. The summed E-state index contributed by atoms with van der Waals surface area (Å²) < 4.78 is 0. The lowest BCUT2D eigenvalue weighted by atomic mass is 9.70. The normalized spacial score (nSPS) is 38.2. The molecule has 2 nitrogen and oxygen atoms in total. The SMILES string of the molecule is CC(C)(C)[C@@H]1C[C@H](O)CC[C@@H]1O. The van der Waals surface area contributed by atoms with Gasteiger partial charge >= 0.3 is 0 Å². The maximum absolute atomic E-state index is 9.71. The Kier molecular flexibility index (Phi) is 2.79. The van der Waals surface area contributed by atoms with Gasteiger partial charge in [0.2, 0.25) is 0 Å². The first-order chi connectivity index (χ1) is 5.41. The van der Waals surface area contributed by atoms with Crippen molar-refractivity contribution in [1.29, 1.82) is 0 Å². The summed E-state index contributed by atoms with van der Waals surface area (Å²) >= 11 is 0. The highest BCUT2D eigenvalue weighted by Gasteiger charge is 2.35. The molecule has 0 bridgehead atoms. The van der Waals surface area contributed by atoms with Crippen molar-refractivity contribution in [3.05, 3.63) is 0 Å². The average Bonchev–Trinajstić information content (AvgIpc) is 1.92. The van der Waals surface area contributed by atoms with E-state index in [1.807, 2.05) is 0 Å². The van der Waals surface area contributed by atoms with E-state index in [0.29, 0.717) is 0 Å². The first-order valence-corrected chi connectivity index (χ1v) is 4.77. The zero-order valence-corrected chi connectivity index (χ0v) is 8.25. The van der Waals surface area contributed by atoms with Crippen molar-refractivity contribution in [3.63, 3.8) is 0 Å². The molecule has 0 spiro atoms. The van der Waals surface area contributed by atoms with Crippen molar-refractivity contribution in [2.75, 3.05) is 0 Å². The van der Waals surface area contributed by atoms with E-state index in [9.17, 15) is 10.2 Å². The van der Waals surface area contributed by atoms with E-state index in [2.05, 4.69) is 20.8 Å². The summed E-state index contributed by atoms with van der Waals surface area (Å²) in [5.41, 5.74) is 0.112. The highest BCUT2D eigenvalue weighted by atomic mass is 16.3. The molecule has 2 N–H and O–H groups in total. The number of hydrogen-bond donors (Lipinski definition) is 2. The molecule has 1 rings (SSSR count). The van der Waals surface area contributed by atoms with E-state index >= 15 is 0 Å². The van der Waals surface area contributed by atoms with Crippen LogP contribution in [0, 0.1) is 11.3 Å². The lowest BCUT2D eigenvalue weighted by Crippen LogP contribution is -2.39. The summed E-state index contributed by atoms with van der Waals surface area (Å²) in [5.74, 6) is 0.251. The Morgan fingerprint density at radius 1 is 1.08 bits per heavy atom.